The minimum Gasteiger partial charge on any atom is -0.272 e. The first-order valence-electron chi connectivity index (χ1n) is 5.79. The van der Waals surface area contributed by atoms with Crippen molar-refractivity contribution in [1.82, 2.24) is 9.78 Å². The standard InChI is InChI=1S/C14H16N2OS/c1-14(2,3)13(17)16-11(8-9-15-16)6-7-12-5-4-10-18-12/h4-10H,1-3H3. The summed E-state index contributed by atoms with van der Waals surface area (Å²) in [6, 6.07) is 5.88. The minimum absolute atomic E-state index is 0.00155. The second-order valence-corrected chi connectivity index (χ2v) is 6.05. The highest BCUT2D eigenvalue weighted by Gasteiger charge is 2.24. The van der Waals surface area contributed by atoms with Crippen LogP contribution in [0.5, 0.6) is 0 Å². The highest BCUT2D eigenvalue weighted by atomic mass is 32.1. The number of nitrogens with zero attached hydrogens (tertiary/aromatic N) is 2. The maximum Gasteiger partial charge on any atom is 0.252 e. The summed E-state index contributed by atoms with van der Waals surface area (Å²) in [6.07, 6.45) is 5.56. The maximum absolute atomic E-state index is 12.2. The summed E-state index contributed by atoms with van der Waals surface area (Å²) >= 11 is 1.66. The molecule has 0 aliphatic carbocycles. The third-order valence-electron chi connectivity index (χ3n) is 2.47. The molecule has 0 unspecified atom stereocenters. The molecule has 0 bridgehead atoms. The van der Waals surface area contributed by atoms with Crippen molar-refractivity contribution in [1.29, 1.82) is 0 Å². The average molecular weight is 260 g/mol. The van der Waals surface area contributed by atoms with Crippen LogP contribution in [0, 0.1) is 5.41 Å². The van der Waals surface area contributed by atoms with Gasteiger partial charge in [0, 0.05) is 10.3 Å². The average Bonchev–Trinajstić information content (AvgIpc) is 2.95. The van der Waals surface area contributed by atoms with Gasteiger partial charge in [0.1, 0.15) is 0 Å². The Morgan fingerprint density at radius 2 is 2.11 bits per heavy atom. The van der Waals surface area contributed by atoms with Crippen molar-refractivity contribution in [3.63, 3.8) is 0 Å². The van der Waals surface area contributed by atoms with Gasteiger partial charge in [-0.3, -0.25) is 4.79 Å². The third kappa shape index (κ3) is 2.76. The Kier molecular flexibility index (Phi) is 3.48. The molecule has 0 saturated carbocycles. The molecular weight excluding hydrogens is 244 g/mol. The van der Waals surface area contributed by atoms with Crippen LogP contribution in [0.1, 0.15) is 36.1 Å². The van der Waals surface area contributed by atoms with Crippen molar-refractivity contribution in [3.8, 4) is 0 Å². The molecule has 0 aromatic carbocycles. The minimum atomic E-state index is -0.433. The Hall–Kier alpha value is -1.68. The first-order valence-corrected chi connectivity index (χ1v) is 6.67. The van der Waals surface area contributed by atoms with Gasteiger partial charge in [0.2, 0.25) is 0 Å². The zero-order valence-corrected chi connectivity index (χ0v) is 11.6. The van der Waals surface area contributed by atoms with Gasteiger partial charge in [0.05, 0.1) is 11.9 Å². The second kappa shape index (κ2) is 4.90. The molecule has 0 radical (unpaired) electrons. The third-order valence-corrected chi connectivity index (χ3v) is 3.31. The maximum atomic E-state index is 12.2. The Balaban J connectivity index is 2.26. The van der Waals surface area contributed by atoms with Crippen molar-refractivity contribution < 1.29 is 4.79 Å². The fourth-order valence-corrected chi connectivity index (χ4v) is 2.10. The van der Waals surface area contributed by atoms with Gasteiger partial charge < -0.3 is 0 Å². The van der Waals surface area contributed by atoms with E-state index in [0.29, 0.717) is 0 Å². The predicted molar refractivity (Wildman–Crippen MR) is 75.6 cm³/mol. The largest absolute Gasteiger partial charge is 0.272 e. The first kappa shape index (κ1) is 12.8. The molecule has 0 saturated heterocycles. The van der Waals surface area contributed by atoms with Crippen molar-refractivity contribution >= 4 is 29.4 Å². The molecule has 0 aliphatic rings. The number of thiophene rings is 1. The molecule has 0 N–H and O–H groups in total. The van der Waals surface area contributed by atoms with E-state index in [2.05, 4.69) is 5.10 Å². The molecule has 2 heterocycles. The SMILES string of the molecule is CC(C)(C)C(=O)n1nccc1C=Cc1cccs1. The van der Waals surface area contributed by atoms with Crippen LogP contribution in [0.15, 0.2) is 29.8 Å². The fraction of sp³-hybridized carbons (Fsp3) is 0.286. The summed E-state index contributed by atoms with van der Waals surface area (Å²) in [6.45, 7) is 5.68. The van der Waals surface area contributed by atoms with Gasteiger partial charge >= 0.3 is 0 Å². The van der Waals surface area contributed by atoms with E-state index in [0.717, 1.165) is 10.6 Å². The molecule has 2 aromatic heterocycles. The molecule has 94 valence electrons. The highest BCUT2D eigenvalue weighted by Crippen LogP contribution is 2.19. The predicted octanol–water partition coefficient (Wildman–Crippen LogP) is 3.80. The highest BCUT2D eigenvalue weighted by molar-refractivity contribution is 7.10. The monoisotopic (exact) mass is 260 g/mol. The summed E-state index contributed by atoms with van der Waals surface area (Å²) < 4.78 is 1.46. The lowest BCUT2D eigenvalue weighted by Gasteiger charge is -2.16. The van der Waals surface area contributed by atoms with Crippen LogP contribution in [-0.2, 0) is 0 Å². The van der Waals surface area contributed by atoms with E-state index >= 15 is 0 Å². The summed E-state index contributed by atoms with van der Waals surface area (Å²) in [5, 5.41) is 6.13. The van der Waals surface area contributed by atoms with Crippen LogP contribution in [-0.4, -0.2) is 15.7 Å². The Labute approximate surface area is 111 Å². The molecule has 0 spiro atoms. The molecule has 4 heteroatoms. The zero-order chi connectivity index (χ0) is 13.2. The number of rotatable bonds is 2. The smallest absolute Gasteiger partial charge is 0.252 e. The van der Waals surface area contributed by atoms with Crippen LogP contribution < -0.4 is 0 Å². The lowest BCUT2D eigenvalue weighted by molar-refractivity contribution is 0.0748. The van der Waals surface area contributed by atoms with E-state index in [1.807, 2.05) is 56.5 Å². The van der Waals surface area contributed by atoms with Gasteiger partial charge in [0.25, 0.3) is 5.91 Å². The molecule has 0 fully saturated rings. The van der Waals surface area contributed by atoms with Crippen LogP contribution in [0.3, 0.4) is 0 Å². The van der Waals surface area contributed by atoms with Crippen LogP contribution in [0.25, 0.3) is 12.2 Å². The molecule has 2 aromatic rings. The van der Waals surface area contributed by atoms with Gasteiger partial charge in [-0.1, -0.05) is 26.8 Å². The van der Waals surface area contributed by atoms with Crippen LogP contribution in [0.2, 0.25) is 0 Å². The van der Waals surface area contributed by atoms with Crippen molar-refractivity contribution in [2.75, 3.05) is 0 Å². The molecular formula is C14H16N2OS. The van der Waals surface area contributed by atoms with Crippen LogP contribution in [0.4, 0.5) is 0 Å². The van der Waals surface area contributed by atoms with E-state index in [1.165, 1.54) is 4.68 Å². The second-order valence-electron chi connectivity index (χ2n) is 5.07. The summed E-state index contributed by atoms with van der Waals surface area (Å²) in [4.78, 5) is 13.3. The summed E-state index contributed by atoms with van der Waals surface area (Å²) in [5.41, 5.74) is 0.376. The van der Waals surface area contributed by atoms with E-state index in [9.17, 15) is 4.79 Å². The van der Waals surface area contributed by atoms with E-state index < -0.39 is 5.41 Å². The number of aromatic nitrogens is 2. The fourth-order valence-electron chi connectivity index (χ4n) is 1.48. The molecule has 0 amide bonds. The Morgan fingerprint density at radius 3 is 2.72 bits per heavy atom. The topological polar surface area (TPSA) is 34.9 Å². The van der Waals surface area contributed by atoms with E-state index in [1.54, 1.807) is 17.5 Å². The van der Waals surface area contributed by atoms with E-state index in [4.69, 9.17) is 0 Å². The molecule has 2 rings (SSSR count). The summed E-state index contributed by atoms with van der Waals surface area (Å²) in [7, 11) is 0. The molecule has 0 atom stereocenters. The van der Waals surface area contributed by atoms with Crippen molar-refractivity contribution in [3.05, 3.63) is 40.3 Å². The lowest BCUT2D eigenvalue weighted by atomic mass is 9.96. The Morgan fingerprint density at radius 1 is 1.33 bits per heavy atom. The number of carbonyl (C=O) groups excluding carboxylic acids is 1. The number of hydrogen-bond acceptors (Lipinski definition) is 3. The van der Waals surface area contributed by atoms with Crippen molar-refractivity contribution in [2.24, 2.45) is 5.41 Å². The number of carbonyl (C=O) groups is 1. The zero-order valence-electron chi connectivity index (χ0n) is 10.8. The number of hydrogen-bond donors (Lipinski definition) is 0. The van der Waals surface area contributed by atoms with Gasteiger partial charge in [-0.15, -0.1) is 11.3 Å². The molecule has 0 aliphatic heterocycles. The Bertz CT molecular complexity index is 559. The van der Waals surface area contributed by atoms with Gasteiger partial charge in [-0.2, -0.15) is 5.10 Å². The van der Waals surface area contributed by atoms with Crippen LogP contribution >= 0.6 is 11.3 Å². The molecule has 3 nitrogen and oxygen atoms in total. The summed E-state index contributed by atoms with van der Waals surface area (Å²) in [5.74, 6) is -0.00155. The van der Waals surface area contributed by atoms with Crippen molar-refractivity contribution in [2.45, 2.75) is 20.8 Å². The van der Waals surface area contributed by atoms with Gasteiger partial charge in [-0.05, 0) is 29.7 Å². The molecule has 18 heavy (non-hydrogen) atoms. The first-order chi connectivity index (χ1) is 8.48. The van der Waals surface area contributed by atoms with Gasteiger partial charge in [-0.25, -0.2) is 4.68 Å². The van der Waals surface area contributed by atoms with E-state index in [-0.39, 0.29) is 5.91 Å². The van der Waals surface area contributed by atoms with Gasteiger partial charge in [0.15, 0.2) is 0 Å². The normalized spacial score (nSPS) is 12.2. The quantitative estimate of drug-likeness (QED) is 0.823. The lowest BCUT2D eigenvalue weighted by Crippen LogP contribution is -2.28.